The van der Waals surface area contributed by atoms with Crippen LogP contribution in [0, 0.1) is 11.2 Å². The Bertz CT molecular complexity index is 1070. The molecule has 2 aromatic carbocycles. The van der Waals surface area contributed by atoms with Gasteiger partial charge in [-0.1, -0.05) is 42.8 Å². The van der Waals surface area contributed by atoms with Gasteiger partial charge in [0.05, 0.1) is 23.2 Å². The number of aromatic nitrogens is 2. The van der Waals surface area contributed by atoms with E-state index in [2.05, 4.69) is 30.2 Å². The molecule has 1 aromatic heterocycles. The van der Waals surface area contributed by atoms with E-state index in [0.29, 0.717) is 6.42 Å². The van der Waals surface area contributed by atoms with Crippen LogP contribution in [0.2, 0.25) is 0 Å². The zero-order valence-corrected chi connectivity index (χ0v) is 16.6. The standard InChI is InChI=1S/C25H25FN2O/c1-24-16-19-17-27-28(22-11-9-21(26)10-12-22)23(19)14-20(24)8-5-13-25(24,29)15-18-6-3-2-4-7-18/h2-4,6-7,9-12,14,17,29H,5,8,13,15-16H2,1H3/t24-,25?/m0/s1. The Kier molecular flexibility index (Phi) is 4.21. The molecule has 2 aliphatic rings. The Balaban J connectivity index is 1.54. The van der Waals surface area contributed by atoms with Gasteiger partial charge in [-0.15, -0.1) is 0 Å². The van der Waals surface area contributed by atoms with E-state index in [4.69, 9.17) is 0 Å². The minimum atomic E-state index is -0.784. The van der Waals surface area contributed by atoms with Crippen LogP contribution in [0.15, 0.2) is 66.4 Å². The fourth-order valence-electron chi connectivity index (χ4n) is 5.16. The first kappa shape index (κ1) is 18.3. The summed E-state index contributed by atoms with van der Waals surface area (Å²) in [5, 5.41) is 16.4. The van der Waals surface area contributed by atoms with Crippen LogP contribution in [0.25, 0.3) is 11.8 Å². The normalized spacial score (nSPS) is 25.8. The molecule has 0 spiro atoms. The highest BCUT2D eigenvalue weighted by Gasteiger charge is 2.52. The molecule has 0 amide bonds. The van der Waals surface area contributed by atoms with Crippen LogP contribution in [0.5, 0.6) is 0 Å². The SMILES string of the molecule is C[C@]12Cc3cnn(-c4ccc(F)cc4)c3C=C1CCCC2(O)Cc1ccccc1. The van der Waals surface area contributed by atoms with Crippen LogP contribution in [0.3, 0.4) is 0 Å². The van der Waals surface area contributed by atoms with Crippen molar-refractivity contribution in [3.63, 3.8) is 0 Å². The lowest BCUT2D eigenvalue weighted by atomic mass is 9.56. The molecule has 2 atom stereocenters. The van der Waals surface area contributed by atoms with E-state index >= 15 is 0 Å². The molecular formula is C25H25FN2O. The van der Waals surface area contributed by atoms with Crippen molar-refractivity contribution in [3.8, 4) is 5.69 Å². The molecule has 0 aliphatic heterocycles. The van der Waals surface area contributed by atoms with Gasteiger partial charge in [-0.2, -0.15) is 5.10 Å². The van der Waals surface area contributed by atoms with Gasteiger partial charge in [-0.05, 0) is 67.2 Å². The Morgan fingerprint density at radius 2 is 1.86 bits per heavy atom. The highest BCUT2D eigenvalue weighted by atomic mass is 19.1. The maximum Gasteiger partial charge on any atom is 0.123 e. The molecule has 1 saturated carbocycles. The van der Waals surface area contributed by atoms with Gasteiger partial charge in [0.1, 0.15) is 5.82 Å². The van der Waals surface area contributed by atoms with Crippen molar-refractivity contribution in [2.24, 2.45) is 5.41 Å². The molecule has 1 heterocycles. The molecule has 3 nitrogen and oxygen atoms in total. The summed E-state index contributed by atoms with van der Waals surface area (Å²) >= 11 is 0. The van der Waals surface area contributed by atoms with E-state index in [1.165, 1.54) is 23.3 Å². The van der Waals surface area contributed by atoms with Crippen molar-refractivity contribution in [2.75, 3.05) is 0 Å². The van der Waals surface area contributed by atoms with Crippen LogP contribution in [0.1, 0.15) is 43.0 Å². The van der Waals surface area contributed by atoms with Crippen LogP contribution in [-0.2, 0) is 12.8 Å². The minimum absolute atomic E-state index is 0.251. The lowest BCUT2D eigenvalue weighted by molar-refractivity contribution is -0.0780. The highest BCUT2D eigenvalue weighted by molar-refractivity contribution is 5.62. The Morgan fingerprint density at radius 3 is 2.62 bits per heavy atom. The monoisotopic (exact) mass is 388 g/mol. The lowest BCUT2D eigenvalue weighted by Gasteiger charge is -2.52. The number of fused-ring (bicyclic) bond motifs is 2. The lowest BCUT2D eigenvalue weighted by Crippen LogP contribution is -2.53. The summed E-state index contributed by atoms with van der Waals surface area (Å²) in [5.74, 6) is -0.251. The molecule has 1 N–H and O–H groups in total. The predicted molar refractivity (Wildman–Crippen MR) is 112 cm³/mol. The van der Waals surface area contributed by atoms with Gasteiger partial charge in [-0.25, -0.2) is 9.07 Å². The summed E-state index contributed by atoms with van der Waals surface area (Å²) in [6.45, 7) is 2.21. The van der Waals surface area contributed by atoms with Crippen molar-refractivity contribution < 1.29 is 9.50 Å². The smallest absolute Gasteiger partial charge is 0.123 e. The first-order valence-corrected chi connectivity index (χ1v) is 10.3. The van der Waals surface area contributed by atoms with E-state index in [1.54, 1.807) is 12.1 Å². The molecule has 148 valence electrons. The predicted octanol–water partition coefficient (Wildman–Crippen LogP) is 5.11. The van der Waals surface area contributed by atoms with Crippen LogP contribution in [0.4, 0.5) is 4.39 Å². The summed E-state index contributed by atoms with van der Waals surface area (Å²) in [6, 6.07) is 16.7. The average molecular weight is 388 g/mol. The third-order valence-electron chi connectivity index (χ3n) is 6.92. The van der Waals surface area contributed by atoms with Gasteiger partial charge in [0.2, 0.25) is 0 Å². The molecule has 0 bridgehead atoms. The molecule has 2 aliphatic carbocycles. The molecule has 0 saturated heterocycles. The number of benzene rings is 2. The second-order valence-electron chi connectivity index (χ2n) is 8.67. The molecular weight excluding hydrogens is 363 g/mol. The average Bonchev–Trinajstić information content (AvgIpc) is 3.11. The number of aliphatic hydroxyl groups is 1. The second kappa shape index (κ2) is 6.67. The number of hydrogen-bond acceptors (Lipinski definition) is 2. The molecule has 5 rings (SSSR count). The highest BCUT2D eigenvalue weighted by Crippen LogP contribution is 2.54. The van der Waals surface area contributed by atoms with Gasteiger partial charge in [0, 0.05) is 11.8 Å². The van der Waals surface area contributed by atoms with Crippen LogP contribution in [-0.4, -0.2) is 20.5 Å². The fraction of sp³-hybridized carbons (Fsp3) is 0.320. The van der Waals surface area contributed by atoms with Gasteiger partial charge >= 0.3 is 0 Å². The van der Waals surface area contributed by atoms with Crippen LogP contribution < -0.4 is 0 Å². The maximum atomic E-state index is 13.3. The van der Waals surface area contributed by atoms with E-state index < -0.39 is 5.60 Å². The second-order valence-corrected chi connectivity index (χ2v) is 8.67. The molecule has 0 radical (unpaired) electrons. The van der Waals surface area contributed by atoms with Crippen molar-refractivity contribution in [1.29, 1.82) is 0 Å². The topological polar surface area (TPSA) is 38.0 Å². The largest absolute Gasteiger partial charge is 0.389 e. The first-order chi connectivity index (χ1) is 14.0. The maximum absolute atomic E-state index is 13.3. The summed E-state index contributed by atoms with van der Waals surface area (Å²) in [5.41, 5.74) is 4.40. The zero-order chi connectivity index (χ0) is 20.1. The third-order valence-corrected chi connectivity index (χ3v) is 6.92. The van der Waals surface area contributed by atoms with E-state index in [1.807, 2.05) is 29.1 Å². The zero-order valence-electron chi connectivity index (χ0n) is 16.6. The molecule has 4 heteroatoms. The molecule has 1 unspecified atom stereocenters. The van der Waals surface area contributed by atoms with E-state index in [9.17, 15) is 9.50 Å². The number of hydrogen-bond donors (Lipinski definition) is 1. The van der Waals surface area contributed by atoms with E-state index in [-0.39, 0.29) is 11.2 Å². The Morgan fingerprint density at radius 1 is 1.10 bits per heavy atom. The number of rotatable bonds is 3. The molecule has 1 fully saturated rings. The van der Waals surface area contributed by atoms with Gasteiger partial charge < -0.3 is 5.11 Å². The summed E-state index contributed by atoms with van der Waals surface area (Å²) in [7, 11) is 0. The molecule has 3 aromatic rings. The summed E-state index contributed by atoms with van der Waals surface area (Å²) in [6.07, 6.45) is 8.30. The van der Waals surface area contributed by atoms with Gasteiger partial charge in [-0.3, -0.25) is 0 Å². The number of halogens is 1. The van der Waals surface area contributed by atoms with Gasteiger partial charge in [0.15, 0.2) is 0 Å². The van der Waals surface area contributed by atoms with Crippen molar-refractivity contribution in [1.82, 2.24) is 9.78 Å². The summed E-state index contributed by atoms with van der Waals surface area (Å²) < 4.78 is 15.2. The van der Waals surface area contributed by atoms with Crippen molar-refractivity contribution in [2.45, 2.75) is 44.6 Å². The summed E-state index contributed by atoms with van der Waals surface area (Å²) in [4.78, 5) is 0. The third kappa shape index (κ3) is 2.94. The van der Waals surface area contributed by atoms with Gasteiger partial charge in [0.25, 0.3) is 0 Å². The molecule has 29 heavy (non-hydrogen) atoms. The minimum Gasteiger partial charge on any atom is -0.389 e. The van der Waals surface area contributed by atoms with Crippen LogP contribution >= 0.6 is 0 Å². The Labute approximate surface area is 170 Å². The first-order valence-electron chi connectivity index (χ1n) is 10.3. The van der Waals surface area contributed by atoms with Crippen molar-refractivity contribution in [3.05, 3.63) is 89.0 Å². The quantitative estimate of drug-likeness (QED) is 0.677. The Hall–Kier alpha value is -2.72. The fourth-order valence-corrected chi connectivity index (χ4v) is 5.16. The van der Waals surface area contributed by atoms with E-state index in [0.717, 1.165) is 42.6 Å². The number of nitrogens with zero attached hydrogens (tertiary/aromatic N) is 2. The van der Waals surface area contributed by atoms with Crippen molar-refractivity contribution >= 4 is 6.08 Å².